The van der Waals surface area contributed by atoms with Crippen molar-refractivity contribution in [1.29, 1.82) is 0 Å². The Labute approximate surface area is 110 Å². The maximum atomic E-state index is 4.97. The smallest absolute Gasteiger partial charge is 0.324 e. The van der Waals surface area contributed by atoms with E-state index >= 15 is 0 Å². The van der Waals surface area contributed by atoms with Crippen molar-refractivity contribution in [3.8, 4) is 12.0 Å². The third-order valence-corrected chi connectivity index (χ3v) is 2.37. The zero-order chi connectivity index (χ0) is 13.5. The Kier molecular flexibility index (Phi) is 4.49. The van der Waals surface area contributed by atoms with E-state index in [1.54, 1.807) is 6.20 Å². The van der Waals surface area contributed by atoms with E-state index in [-0.39, 0.29) is 12.0 Å². The molecular formula is C11H16N6O2. The Balaban J connectivity index is 1.84. The van der Waals surface area contributed by atoms with Crippen molar-refractivity contribution >= 4 is 5.95 Å². The summed E-state index contributed by atoms with van der Waals surface area (Å²) in [6, 6.07) is 2.35. The quantitative estimate of drug-likeness (QED) is 0.732. The van der Waals surface area contributed by atoms with Crippen LogP contribution in [0.15, 0.2) is 18.5 Å². The normalized spacial score (nSPS) is 10.2. The van der Waals surface area contributed by atoms with Crippen molar-refractivity contribution in [2.75, 3.05) is 26.1 Å². The summed E-state index contributed by atoms with van der Waals surface area (Å²) in [6.07, 6.45) is 4.59. The first kappa shape index (κ1) is 13.1. The van der Waals surface area contributed by atoms with Crippen LogP contribution in [-0.2, 0) is 6.54 Å². The lowest BCUT2D eigenvalue weighted by Crippen LogP contribution is -2.10. The number of methoxy groups -OCH3 is 2. The number of anilines is 1. The molecule has 102 valence electrons. The maximum absolute atomic E-state index is 4.97. The highest BCUT2D eigenvalue weighted by molar-refractivity contribution is 5.27. The van der Waals surface area contributed by atoms with Gasteiger partial charge in [0.15, 0.2) is 0 Å². The molecule has 0 radical (unpaired) electrons. The Morgan fingerprint density at radius 2 is 1.89 bits per heavy atom. The van der Waals surface area contributed by atoms with Gasteiger partial charge in [-0.1, -0.05) is 0 Å². The van der Waals surface area contributed by atoms with Crippen LogP contribution < -0.4 is 14.8 Å². The summed E-state index contributed by atoms with van der Waals surface area (Å²) in [6.45, 7) is 1.55. The third kappa shape index (κ3) is 3.80. The molecule has 2 aromatic rings. The van der Waals surface area contributed by atoms with Crippen LogP contribution in [0, 0.1) is 0 Å². The van der Waals surface area contributed by atoms with E-state index in [0.29, 0.717) is 5.95 Å². The zero-order valence-corrected chi connectivity index (χ0v) is 10.9. The minimum atomic E-state index is 0.224. The van der Waals surface area contributed by atoms with E-state index in [2.05, 4.69) is 25.4 Å². The largest absolute Gasteiger partial charge is 0.467 e. The lowest BCUT2D eigenvalue weighted by Gasteiger charge is -2.07. The SMILES string of the molecule is COc1nc(NCCCn2cccn2)nc(OC)n1. The fourth-order valence-electron chi connectivity index (χ4n) is 1.47. The van der Waals surface area contributed by atoms with Gasteiger partial charge >= 0.3 is 12.0 Å². The highest BCUT2D eigenvalue weighted by Gasteiger charge is 2.06. The van der Waals surface area contributed by atoms with Gasteiger partial charge in [0.05, 0.1) is 14.2 Å². The van der Waals surface area contributed by atoms with Gasteiger partial charge in [-0.2, -0.15) is 15.1 Å². The van der Waals surface area contributed by atoms with E-state index in [9.17, 15) is 0 Å². The number of rotatable bonds is 7. The molecule has 8 heteroatoms. The van der Waals surface area contributed by atoms with Gasteiger partial charge in [-0.05, 0) is 12.5 Å². The van der Waals surface area contributed by atoms with Gasteiger partial charge in [-0.15, -0.1) is 4.98 Å². The van der Waals surface area contributed by atoms with Crippen molar-refractivity contribution in [3.05, 3.63) is 18.5 Å². The molecule has 0 unspecified atom stereocenters. The fourth-order valence-corrected chi connectivity index (χ4v) is 1.47. The summed E-state index contributed by atoms with van der Waals surface area (Å²) in [5, 5.41) is 7.22. The van der Waals surface area contributed by atoms with Gasteiger partial charge in [0, 0.05) is 25.5 Å². The van der Waals surface area contributed by atoms with Crippen molar-refractivity contribution in [2.24, 2.45) is 0 Å². The number of nitrogens with zero attached hydrogens (tertiary/aromatic N) is 5. The van der Waals surface area contributed by atoms with Gasteiger partial charge in [-0.25, -0.2) is 0 Å². The molecule has 19 heavy (non-hydrogen) atoms. The molecular weight excluding hydrogens is 248 g/mol. The number of aryl methyl sites for hydroxylation is 1. The summed E-state index contributed by atoms with van der Waals surface area (Å²) in [4.78, 5) is 12.1. The summed E-state index contributed by atoms with van der Waals surface area (Å²) < 4.78 is 11.8. The molecule has 0 aliphatic carbocycles. The van der Waals surface area contributed by atoms with Crippen LogP contribution in [0.2, 0.25) is 0 Å². The number of aromatic nitrogens is 5. The van der Waals surface area contributed by atoms with Gasteiger partial charge < -0.3 is 14.8 Å². The number of nitrogens with one attached hydrogen (secondary N) is 1. The number of ether oxygens (including phenoxy) is 2. The first-order valence-electron chi connectivity index (χ1n) is 5.87. The van der Waals surface area contributed by atoms with Crippen LogP contribution in [0.3, 0.4) is 0 Å². The molecule has 0 spiro atoms. The van der Waals surface area contributed by atoms with E-state index in [1.165, 1.54) is 14.2 Å². The second-order valence-electron chi connectivity index (χ2n) is 3.68. The molecule has 0 bridgehead atoms. The molecule has 0 fully saturated rings. The average Bonchev–Trinajstić information content (AvgIpc) is 2.96. The topological polar surface area (TPSA) is 87.0 Å². The third-order valence-electron chi connectivity index (χ3n) is 2.37. The Hall–Kier alpha value is -2.38. The highest BCUT2D eigenvalue weighted by Crippen LogP contribution is 2.11. The zero-order valence-electron chi connectivity index (χ0n) is 10.9. The molecule has 0 amide bonds. The van der Waals surface area contributed by atoms with Crippen molar-refractivity contribution < 1.29 is 9.47 Å². The molecule has 0 aromatic carbocycles. The predicted molar refractivity (Wildman–Crippen MR) is 68.3 cm³/mol. The first-order valence-corrected chi connectivity index (χ1v) is 5.87. The molecule has 0 aliphatic rings. The molecule has 2 heterocycles. The molecule has 0 aliphatic heterocycles. The lowest BCUT2D eigenvalue weighted by atomic mass is 10.4. The summed E-state index contributed by atoms with van der Waals surface area (Å²) in [5.41, 5.74) is 0. The van der Waals surface area contributed by atoms with Gasteiger partial charge in [0.1, 0.15) is 0 Å². The second kappa shape index (κ2) is 6.53. The molecule has 0 saturated heterocycles. The van der Waals surface area contributed by atoms with Crippen LogP contribution in [0.4, 0.5) is 5.95 Å². The van der Waals surface area contributed by atoms with Crippen LogP contribution in [-0.4, -0.2) is 45.5 Å². The molecule has 2 rings (SSSR count). The Morgan fingerprint density at radius 3 is 2.47 bits per heavy atom. The Bertz CT molecular complexity index is 480. The molecule has 1 N–H and O–H groups in total. The summed E-state index contributed by atoms with van der Waals surface area (Å²) >= 11 is 0. The lowest BCUT2D eigenvalue weighted by molar-refractivity contribution is 0.341. The van der Waals surface area contributed by atoms with Crippen molar-refractivity contribution in [2.45, 2.75) is 13.0 Å². The van der Waals surface area contributed by atoms with Gasteiger partial charge in [0.25, 0.3) is 0 Å². The highest BCUT2D eigenvalue weighted by atomic mass is 16.5. The first-order chi connectivity index (χ1) is 9.31. The van der Waals surface area contributed by atoms with Gasteiger partial charge in [0.2, 0.25) is 5.95 Å². The van der Waals surface area contributed by atoms with E-state index in [1.807, 2.05) is 16.9 Å². The van der Waals surface area contributed by atoms with Crippen LogP contribution >= 0.6 is 0 Å². The monoisotopic (exact) mass is 264 g/mol. The molecule has 0 saturated carbocycles. The second-order valence-corrected chi connectivity index (χ2v) is 3.68. The fraction of sp³-hybridized carbons (Fsp3) is 0.455. The Morgan fingerprint density at radius 1 is 1.16 bits per heavy atom. The van der Waals surface area contributed by atoms with Gasteiger partial charge in [-0.3, -0.25) is 4.68 Å². The van der Waals surface area contributed by atoms with E-state index in [0.717, 1.165) is 19.5 Å². The number of hydrogen-bond donors (Lipinski definition) is 1. The van der Waals surface area contributed by atoms with Crippen LogP contribution in [0.5, 0.6) is 12.0 Å². The number of hydrogen-bond acceptors (Lipinski definition) is 7. The van der Waals surface area contributed by atoms with Crippen molar-refractivity contribution in [1.82, 2.24) is 24.7 Å². The summed E-state index contributed by atoms with van der Waals surface area (Å²) in [7, 11) is 2.99. The van der Waals surface area contributed by atoms with Crippen molar-refractivity contribution in [3.63, 3.8) is 0 Å². The minimum Gasteiger partial charge on any atom is -0.467 e. The summed E-state index contributed by atoms with van der Waals surface area (Å²) in [5.74, 6) is 0.434. The molecule has 2 aromatic heterocycles. The minimum absolute atomic E-state index is 0.224. The molecule has 0 atom stereocenters. The van der Waals surface area contributed by atoms with Crippen LogP contribution in [0.1, 0.15) is 6.42 Å². The van der Waals surface area contributed by atoms with Crippen LogP contribution in [0.25, 0.3) is 0 Å². The van der Waals surface area contributed by atoms with E-state index in [4.69, 9.17) is 9.47 Å². The molecule has 8 nitrogen and oxygen atoms in total. The average molecular weight is 264 g/mol. The standard InChI is InChI=1S/C11H16N6O2/c1-18-10-14-9(15-11(16-10)19-2)12-5-3-7-17-8-4-6-13-17/h4,6,8H,3,5,7H2,1-2H3,(H,12,14,15,16). The van der Waals surface area contributed by atoms with E-state index < -0.39 is 0 Å². The predicted octanol–water partition coefficient (Wildman–Crippen LogP) is 0.587. The maximum Gasteiger partial charge on any atom is 0.324 e.